The molecule has 1 aliphatic rings. The number of nitrogens with one attached hydrogen (secondary N) is 1. The maximum absolute atomic E-state index is 11.9. The number of carbonyl (C=O) groups is 1. The van der Waals surface area contributed by atoms with Gasteiger partial charge in [0.15, 0.2) is 0 Å². The third-order valence-electron chi connectivity index (χ3n) is 2.73. The van der Waals surface area contributed by atoms with Crippen LogP contribution in [-0.4, -0.2) is 36.2 Å². The van der Waals surface area contributed by atoms with Gasteiger partial charge in [-0.15, -0.1) is 0 Å². The van der Waals surface area contributed by atoms with Crippen LogP contribution in [0.4, 0.5) is 0 Å². The minimum atomic E-state index is -0.392. The van der Waals surface area contributed by atoms with Gasteiger partial charge in [-0.25, -0.2) is 0 Å². The summed E-state index contributed by atoms with van der Waals surface area (Å²) in [7, 11) is 0. The van der Waals surface area contributed by atoms with Crippen LogP contribution in [0.2, 0.25) is 0 Å². The van der Waals surface area contributed by atoms with Gasteiger partial charge < -0.3 is 10.1 Å². The van der Waals surface area contributed by atoms with Gasteiger partial charge in [0.2, 0.25) is 0 Å². The Bertz CT molecular complexity index is 203. The molecule has 0 aromatic rings. The smallest absolute Gasteiger partial charge is 0.326 e. The Hall–Kier alpha value is -0.220. The molecule has 0 saturated carbocycles. The monoisotopic (exact) mass is 231 g/mol. The Morgan fingerprint density at radius 2 is 2.07 bits per heavy atom. The summed E-state index contributed by atoms with van der Waals surface area (Å²) in [4.78, 5) is 11.9. The quantitative estimate of drug-likeness (QED) is 0.732. The molecule has 0 spiro atoms. The third kappa shape index (κ3) is 3.38. The van der Waals surface area contributed by atoms with Crippen molar-refractivity contribution >= 4 is 17.7 Å². The van der Waals surface area contributed by atoms with Crippen LogP contribution in [0.15, 0.2) is 0 Å². The Balaban J connectivity index is 2.61. The molecule has 0 aromatic carbocycles. The molecule has 1 aliphatic heterocycles. The van der Waals surface area contributed by atoms with E-state index in [2.05, 4.69) is 12.2 Å². The molecule has 4 heteroatoms. The van der Waals surface area contributed by atoms with Crippen molar-refractivity contribution in [1.29, 1.82) is 0 Å². The van der Waals surface area contributed by atoms with Gasteiger partial charge in [-0.2, -0.15) is 11.8 Å². The molecule has 1 N–H and O–H groups in total. The minimum absolute atomic E-state index is 0.0567. The summed E-state index contributed by atoms with van der Waals surface area (Å²) in [6.07, 6.45) is 2.85. The van der Waals surface area contributed by atoms with E-state index >= 15 is 0 Å². The number of ether oxygens (including phenoxy) is 1. The van der Waals surface area contributed by atoms with E-state index < -0.39 is 5.54 Å². The number of hydrogen-bond donors (Lipinski definition) is 1. The second-order valence-electron chi connectivity index (χ2n) is 3.84. The highest BCUT2D eigenvalue weighted by atomic mass is 32.2. The zero-order chi connectivity index (χ0) is 11.1. The molecule has 0 atom stereocenters. The molecule has 3 nitrogen and oxygen atoms in total. The van der Waals surface area contributed by atoms with Crippen molar-refractivity contribution in [3.05, 3.63) is 0 Å². The summed E-state index contributed by atoms with van der Waals surface area (Å²) < 4.78 is 5.17. The molecule has 1 heterocycles. The predicted molar refractivity (Wildman–Crippen MR) is 64.2 cm³/mol. The van der Waals surface area contributed by atoms with Gasteiger partial charge in [0.05, 0.1) is 6.61 Å². The highest BCUT2D eigenvalue weighted by Crippen LogP contribution is 2.28. The SMILES string of the molecule is CCCNC1(C(=O)OCC)CCSCC1. The van der Waals surface area contributed by atoms with Crippen LogP contribution < -0.4 is 5.32 Å². The van der Waals surface area contributed by atoms with Crippen molar-refractivity contribution in [3.8, 4) is 0 Å². The highest BCUT2D eigenvalue weighted by Gasteiger charge is 2.40. The number of carbonyl (C=O) groups excluding carboxylic acids is 1. The van der Waals surface area contributed by atoms with Crippen LogP contribution in [0.1, 0.15) is 33.1 Å². The molecule has 0 unspecified atom stereocenters. The standard InChI is InChI=1S/C11H21NO2S/c1-3-7-12-11(10(13)14-4-2)5-8-15-9-6-11/h12H,3-9H2,1-2H3. The fraction of sp³-hybridized carbons (Fsp3) is 0.909. The average Bonchev–Trinajstić information content (AvgIpc) is 2.28. The van der Waals surface area contributed by atoms with Gasteiger partial charge in [0.1, 0.15) is 5.54 Å². The highest BCUT2D eigenvalue weighted by molar-refractivity contribution is 7.99. The summed E-state index contributed by atoms with van der Waals surface area (Å²) in [5.41, 5.74) is -0.392. The van der Waals surface area contributed by atoms with Gasteiger partial charge in [0, 0.05) is 0 Å². The summed E-state index contributed by atoms with van der Waals surface area (Å²) in [5.74, 6) is 2.05. The van der Waals surface area contributed by atoms with Crippen molar-refractivity contribution in [2.24, 2.45) is 0 Å². The summed E-state index contributed by atoms with van der Waals surface area (Å²) in [6.45, 7) is 5.34. The molecule has 88 valence electrons. The molecule has 0 bridgehead atoms. The van der Waals surface area contributed by atoms with Crippen LogP contribution in [-0.2, 0) is 9.53 Å². The first kappa shape index (κ1) is 12.8. The zero-order valence-corrected chi connectivity index (χ0v) is 10.5. The van der Waals surface area contributed by atoms with E-state index in [1.807, 2.05) is 18.7 Å². The van der Waals surface area contributed by atoms with Gasteiger partial charge in [0.25, 0.3) is 0 Å². The summed E-state index contributed by atoms with van der Waals surface area (Å²) in [5, 5.41) is 3.38. The molecule has 15 heavy (non-hydrogen) atoms. The van der Waals surface area contributed by atoms with Gasteiger partial charge in [-0.05, 0) is 44.2 Å². The molecule has 1 rings (SSSR count). The van der Waals surface area contributed by atoms with E-state index in [0.717, 1.165) is 37.3 Å². The lowest BCUT2D eigenvalue weighted by Crippen LogP contribution is -2.55. The van der Waals surface area contributed by atoms with Crippen molar-refractivity contribution in [2.75, 3.05) is 24.7 Å². The fourth-order valence-electron chi connectivity index (χ4n) is 1.81. The van der Waals surface area contributed by atoms with Crippen molar-refractivity contribution in [3.63, 3.8) is 0 Å². The van der Waals surface area contributed by atoms with E-state index in [0.29, 0.717) is 6.61 Å². The van der Waals surface area contributed by atoms with Crippen LogP contribution in [0.25, 0.3) is 0 Å². The third-order valence-corrected chi connectivity index (χ3v) is 3.71. The van der Waals surface area contributed by atoms with Crippen LogP contribution in [0.5, 0.6) is 0 Å². The molecular formula is C11H21NO2S. The first-order chi connectivity index (χ1) is 7.25. The molecular weight excluding hydrogens is 210 g/mol. The van der Waals surface area contributed by atoms with E-state index in [4.69, 9.17) is 4.74 Å². The van der Waals surface area contributed by atoms with Crippen molar-refractivity contribution in [1.82, 2.24) is 5.32 Å². The topological polar surface area (TPSA) is 38.3 Å². The molecule has 1 fully saturated rings. The number of esters is 1. The maximum atomic E-state index is 11.9. The lowest BCUT2D eigenvalue weighted by Gasteiger charge is -2.35. The van der Waals surface area contributed by atoms with E-state index in [-0.39, 0.29) is 5.97 Å². The minimum Gasteiger partial charge on any atom is -0.465 e. The van der Waals surface area contributed by atoms with Crippen molar-refractivity contribution in [2.45, 2.75) is 38.6 Å². The van der Waals surface area contributed by atoms with Crippen LogP contribution in [0, 0.1) is 0 Å². The maximum Gasteiger partial charge on any atom is 0.326 e. The van der Waals surface area contributed by atoms with Crippen molar-refractivity contribution < 1.29 is 9.53 Å². The lowest BCUT2D eigenvalue weighted by molar-refractivity contribution is -0.151. The van der Waals surface area contributed by atoms with Crippen LogP contribution >= 0.6 is 11.8 Å². The summed E-state index contributed by atoms with van der Waals surface area (Å²) in [6, 6.07) is 0. The fourth-order valence-corrected chi connectivity index (χ4v) is 3.00. The van der Waals surface area contributed by atoms with Gasteiger partial charge in [-0.3, -0.25) is 4.79 Å². The largest absolute Gasteiger partial charge is 0.465 e. The summed E-state index contributed by atoms with van der Waals surface area (Å²) >= 11 is 1.92. The first-order valence-corrected chi connectivity index (χ1v) is 6.90. The second-order valence-corrected chi connectivity index (χ2v) is 5.07. The molecule has 0 amide bonds. The lowest BCUT2D eigenvalue weighted by atomic mass is 9.92. The average molecular weight is 231 g/mol. The van der Waals surface area contributed by atoms with E-state index in [9.17, 15) is 4.79 Å². The Morgan fingerprint density at radius 1 is 1.40 bits per heavy atom. The molecule has 1 saturated heterocycles. The molecule has 0 aliphatic carbocycles. The van der Waals surface area contributed by atoms with E-state index in [1.165, 1.54) is 0 Å². The Labute approximate surface area is 96.3 Å². The normalized spacial score (nSPS) is 19.9. The van der Waals surface area contributed by atoms with E-state index in [1.54, 1.807) is 0 Å². The second kappa shape index (κ2) is 6.38. The zero-order valence-electron chi connectivity index (χ0n) is 9.67. The Morgan fingerprint density at radius 3 is 2.60 bits per heavy atom. The number of rotatable bonds is 5. The molecule has 0 radical (unpaired) electrons. The van der Waals surface area contributed by atoms with Gasteiger partial charge >= 0.3 is 5.97 Å². The van der Waals surface area contributed by atoms with Crippen LogP contribution in [0.3, 0.4) is 0 Å². The number of thioether (sulfide) groups is 1. The number of hydrogen-bond acceptors (Lipinski definition) is 4. The predicted octanol–water partition coefficient (Wildman–Crippen LogP) is 1.81. The van der Waals surface area contributed by atoms with Gasteiger partial charge in [-0.1, -0.05) is 6.92 Å². The Kier molecular flexibility index (Phi) is 5.47. The molecule has 0 aromatic heterocycles. The first-order valence-electron chi connectivity index (χ1n) is 5.75.